The van der Waals surface area contributed by atoms with Gasteiger partial charge in [-0.3, -0.25) is 4.79 Å². The number of benzene rings is 1. The Labute approximate surface area is 208 Å². The van der Waals surface area contributed by atoms with Crippen molar-refractivity contribution in [3.05, 3.63) is 64.4 Å². The topological polar surface area (TPSA) is 92.3 Å². The highest BCUT2D eigenvalue weighted by Crippen LogP contribution is 2.30. The van der Waals surface area contributed by atoms with Gasteiger partial charge in [0.15, 0.2) is 0 Å². The first-order valence-corrected chi connectivity index (χ1v) is 12.2. The number of ether oxygens (including phenoxy) is 1. The van der Waals surface area contributed by atoms with Crippen molar-refractivity contribution in [2.24, 2.45) is 0 Å². The lowest BCUT2D eigenvalue weighted by atomic mass is 9.91. The van der Waals surface area contributed by atoms with E-state index >= 15 is 0 Å². The summed E-state index contributed by atoms with van der Waals surface area (Å²) in [7, 11) is 3.95. The van der Waals surface area contributed by atoms with Crippen molar-refractivity contribution in [1.82, 2.24) is 20.3 Å². The van der Waals surface area contributed by atoms with Gasteiger partial charge in [0.25, 0.3) is 5.91 Å². The SMILES string of the molecule is Cc1cnc(N[C@H]2CC[C@@H](NC(=O)c3cccnc3Oc3ccccc3Br)CC2)nc1N(C)C. The van der Waals surface area contributed by atoms with Crippen molar-refractivity contribution in [2.75, 3.05) is 24.3 Å². The Kier molecular flexibility index (Phi) is 7.62. The minimum atomic E-state index is -0.177. The molecule has 1 fully saturated rings. The van der Waals surface area contributed by atoms with Crippen LogP contribution in [0.3, 0.4) is 0 Å². The number of aryl methyl sites for hydroxylation is 1. The molecule has 0 bridgehead atoms. The second-order valence-corrected chi connectivity index (χ2v) is 9.50. The molecule has 2 heterocycles. The maximum atomic E-state index is 13.0. The van der Waals surface area contributed by atoms with Crippen molar-refractivity contribution in [3.63, 3.8) is 0 Å². The number of halogens is 1. The summed E-state index contributed by atoms with van der Waals surface area (Å²) in [6, 6.07) is 11.3. The maximum absolute atomic E-state index is 13.0. The number of anilines is 2. The Bertz CT molecular complexity index is 1150. The van der Waals surface area contributed by atoms with Gasteiger partial charge < -0.3 is 20.3 Å². The van der Waals surface area contributed by atoms with Crippen LogP contribution in [0.1, 0.15) is 41.6 Å². The van der Waals surface area contributed by atoms with E-state index in [1.807, 2.05) is 56.4 Å². The van der Waals surface area contributed by atoms with Crippen LogP contribution in [0.2, 0.25) is 0 Å². The Morgan fingerprint density at radius 1 is 1.06 bits per heavy atom. The average molecular weight is 525 g/mol. The fourth-order valence-electron chi connectivity index (χ4n) is 4.06. The maximum Gasteiger partial charge on any atom is 0.257 e. The Balaban J connectivity index is 1.34. The van der Waals surface area contributed by atoms with Gasteiger partial charge >= 0.3 is 0 Å². The van der Waals surface area contributed by atoms with Crippen molar-refractivity contribution >= 4 is 33.6 Å². The van der Waals surface area contributed by atoms with Crippen LogP contribution in [0, 0.1) is 6.92 Å². The molecule has 4 rings (SSSR count). The third-order valence-electron chi connectivity index (χ3n) is 5.82. The summed E-state index contributed by atoms with van der Waals surface area (Å²) in [6.07, 6.45) is 7.05. The molecule has 1 aliphatic carbocycles. The van der Waals surface area contributed by atoms with Gasteiger partial charge in [-0.2, -0.15) is 4.98 Å². The van der Waals surface area contributed by atoms with E-state index in [1.165, 1.54) is 0 Å². The van der Waals surface area contributed by atoms with Crippen LogP contribution in [0.4, 0.5) is 11.8 Å². The normalized spacial score (nSPS) is 17.6. The van der Waals surface area contributed by atoms with E-state index in [1.54, 1.807) is 18.3 Å². The molecule has 1 saturated carbocycles. The lowest BCUT2D eigenvalue weighted by Crippen LogP contribution is -2.40. The highest BCUT2D eigenvalue weighted by molar-refractivity contribution is 9.10. The zero-order valence-corrected chi connectivity index (χ0v) is 21.2. The van der Waals surface area contributed by atoms with E-state index in [-0.39, 0.29) is 23.9 Å². The molecule has 178 valence electrons. The first kappa shape index (κ1) is 23.9. The van der Waals surface area contributed by atoms with E-state index in [2.05, 4.69) is 41.5 Å². The van der Waals surface area contributed by atoms with Gasteiger partial charge in [0.2, 0.25) is 11.8 Å². The van der Waals surface area contributed by atoms with Crippen LogP contribution in [-0.4, -0.2) is 47.0 Å². The molecule has 0 saturated heterocycles. The van der Waals surface area contributed by atoms with Crippen molar-refractivity contribution in [3.8, 4) is 11.6 Å². The van der Waals surface area contributed by atoms with Crippen LogP contribution in [0.25, 0.3) is 0 Å². The van der Waals surface area contributed by atoms with Crippen LogP contribution in [0.15, 0.2) is 53.3 Å². The second kappa shape index (κ2) is 10.8. The lowest BCUT2D eigenvalue weighted by molar-refractivity contribution is 0.0923. The number of carbonyl (C=O) groups is 1. The summed E-state index contributed by atoms with van der Waals surface area (Å²) in [5.41, 5.74) is 1.46. The molecule has 0 unspecified atom stereocenters. The number of aromatic nitrogens is 3. The van der Waals surface area contributed by atoms with Crippen LogP contribution < -0.4 is 20.3 Å². The minimum Gasteiger partial charge on any atom is -0.437 e. The number of rotatable bonds is 7. The van der Waals surface area contributed by atoms with Crippen molar-refractivity contribution in [2.45, 2.75) is 44.7 Å². The second-order valence-electron chi connectivity index (χ2n) is 8.65. The number of carbonyl (C=O) groups excluding carboxylic acids is 1. The zero-order chi connectivity index (χ0) is 24.1. The van der Waals surface area contributed by atoms with Crippen molar-refractivity contribution in [1.29, 1.82) is 0 Å². The average Bonchev–Trinajstić information content (AvgIpc) is 2.83. The number of hydrogen-bond donors (Lipinski definition) is 2. The van der Waals surface area contributed by atoms with Crippen LogP contribution in [0.5, 0.6) is 11.6 Å². The number of amides is 1. The predicted molar refractivity (Wildman–Crippen MR) is 137 cm³/mol. The van der Waals surface area contributed by atoms with E-state index in [0.717, 1.165) is 41.5 Å². The van der Waals surface area contributed by atoms with Gasteiger partial charge in [-0.25, -0.2) is 9.97 Å². The summed E-state index contributed by atoms with van der Waals surface area (Å²) < 4.78 is 6.72. The number of hydrogen-bond acceptors (Lipinski definition) is 7. The third kappa shape index (κ3) is 5.83. The largest absolute Gasteiger partial charge is 0.437 e. The molecule has 3 aromatic rings. The molecule has 8 nitrogen and oxygen atoms in total. The van der Waals surface area contributed by atoms with E-state index in [9.17, 15) is 4.79 Å². The number of pyridine rings is 1. The monoisotopic (exact) mass is 524 g/mol. The van der Waals surface area contributed by atoms with Gasteiger partial charge in [-0.15, -0.1) is 0 Å². The molecular weight excluding hydrogens is 496 g/mol. The van der Waals surface area contributed by atoms with Gasteiger partial charge in [0.1, 0.15) is 17.1 Å². The highest BCUT2D eigenvalue weighted by atomic mass is 79.9. The van der Waals surface area contributed by atoms with E-state index in [0.29, 0.717) is 17.3 Å². The molecule has 1 aromatic carbocycles. The molecule has 2 N–H and O–H groups in total. The molecular formula is C25H29BrN6O2. The van der Waals surface area contributed by atoms with Crippen LogP contribution in [-0.2, 0) is 0 Å². The summed E-state index contributed by atoms with van der Waals surface area (Å²) in [6.45, 7) is 2.00. The van der Waals surface area contributed by atoms with Crippen LogP contribution >= 0.6 is 15.9 Å². The van der Waals surface area contributed by atoms with Gasteiger partial charge in [-0.05, 0) is 72.8 Å². The molecule has 9 heteroatoms. The fourth-order valence-corrected chi connectivity index (χ4v) is 4.43. The molecule has 2 aromatic heterocycles. The molecule has 1 amide bonds. The summed E-state index contributed by atoms with van der Waals surface area (Å²) in [4.78, 5) is 28.4. The molecule has 0 spiro atoms. The Hall–Kier alpha value is -3.20. The number of para-hydroxylation sites is 1. The quantitative estimate of drug-likeness (QED) is 0.451. The Morgan fingerprint density at radius 3 is 2.53 bits per heavy atom. The predicted octanol–water partition coefficient (Wildman–Crippen LogP) is 4.95. The standard InChI is InChI=1S/C25H29BrN6O2/c1-16-15-28-25(31-22(16)32(2)3)30-18-12-10-17(11-13-18)29-23(33)19-7-6-14-27-24(19)34-21-9-5-4-8-20(21)26/h4-9,14-15,17-18H,10-13H2,1-3H3,(H,29,33)(H,28,30,31)/t17-,18+. The highest BCUT2D eigenvalue weighted by Gasteiger charge is 2.25. The fraction of sp³-hybridized carbons (Fsp3) is 0.360. The summed E-state index contributed by atoms with van der Waals surface area (Å²) >= 11 is 3.47. The molecule has 0 aliphatic heterocycles. The van der Waals surface area contributed by atoms with Gasteiger partial charge in [0, 0.05) is 44.1 Å². The molecule has 34 heavy (non-hydrogen) atoms. The third-order valence-corrected chi connectivity index (χ3v) is 6.48. The van der Waals surface area contributed by atoms with Crippen molar-refractivity contribution < 1.29 is 9.53 Å². The summed E-state index contributed by atoms with van der Waals surface area (Å²) in [5, 5.41) is 6.61. The first-order valence-electron chi connectivity index (χ1n) is 11.4. The minimum absolute atomic E-state index is 0.0957. The zero-order valence-electron chi connectivity index (χ0n) is 19.6. The smallest absolute Gasteiger partial charge is 0.257 e. The molecule has 1 aliphatic rings. The Morgan fingerprint density at radius 2 is 1.79 bits per heavy atom. The summed E-state index contributed by atoms with van der Waals surface area (Å²) in [5.74, 6) is 2.28. The lowest BCUT2D eigenvalue weighted by Gasteiger charge is -2.30. The van der Waals surface area contributed by atoms with Gasteiger partial charge in [0.05, 0.1) is 4.47 Å². The van der Waals surface area contributed by atoms with Gasteiger partial charge in [-0.1, -0.05) is 12.1 Å². The van der Waals surface area contributed by atoms with E-state index < -0.39 is 0 Å². The molecule has 0 atom stereocenters. The first-order chi connectivity index (χ1) is 16.4. The molecule has 0 radical (unpaired) electrons. The number of nitrogens with zero attached hydrogens (tertiary/aromatic N) is 4. The van der Waals surface area contributed by atoms with E-state index in [4.69, 9.17) is 4.74 Å². The number of nitrogens with one attached hydrogen (secondary N) is 2.